The van der Waals surface area contributed by atoms with Gasteiger partial charge in [-0.1, -0.05) is 29.8 Å². The van der Waals surface area contributed by atoms with E-state index in [1.54, 1.807) is 0 Å². The van der Waals surface area contributed by atoms with E-state index in [0.29, 0.717) is 13.0 Å². The molecule has 1 amide bonds. The van der Waals surface area contributed by atoms with E-state index in [4.69, 9.17) is 0 Å². The maximum absolute atomic E-state index is 11.9. The molecule has 3 heteroatoms. The molecule has 112 valence electrons. The largest absolute Gasteiger partial charge is 0.354 e. The SMILES string of the molecule is Cc1ccc(CCC(=O)NCCn2c(C)ccc2C)cc1. The maximum atomic E-state index is 11.9. The molecule has 1 heterocycles. The molecule has 1 aromatic heterocycles. The number of aryl methyl sites for hydroxylation is 4. The second-order valence-corrected chi connectivity index (χ2v) is 5.60. The lowest BCUT2D eigenvalue weighted by atomic mass is 10.1. The highest BCUT2D eigenvalue weighted by Crippen LogP contribution is 2.07. The first-order valence-corrected chi connectivity index (χ1v) is 7.51. The van der Waals surface area contributed by atoms with Gasteiger partial charge in [0.2, 0.25) is 5.91 Å². The van der Waals surface area contributed by atoms with Gasteiger partial charge in [0.15, 0.2) is 0 Å². The van der Waals surface area contributed by atoms with Crippen molar-refractivity contribution in [3.8, 4) is 0 Å². The second-order valence-electron chi connectivity index (χ2n) is 5.60. The van der Waals surface area contributed by atoms with Crippen LogP contribution in [0.1, 0.15) is 28.9 Å². The van der Waals surface area contributed by atoms with Crippen molar-refractivity contribution in [1.82, 2.24) is 9.88 Å². The van der Waals surface area contributed by atoms with Crippen molar-refractivity contribution in [3.05, 3.63) is 58.9 Å². The van der Waals surface area contributed by atoms with Crippen LogP contribution in [0.2, 0.25) is 0 Å². The Kier molecular flexibility index (Phi) is 5.20. The van der Waals surface area contributed by atoms with Crippen molar-refractivity contribution >= 4 is 5.91 Å². The Bertz CT molecular complexity index is 577. The number of aromatic nitrogens is 1. The number of benzene rings is 1. The van der Waals surface area contributed by atoms with Gasteiger partial charge < -0.3 is 9.88 Å². The predicted molar refractivity (Wildman–Crippen MR) is 86.4 cm³/mol. The molecule has 21 heavy (non-hydrogen) atoms. The minimum Gasteiger partial charge on any atom is -0.354 e. The number of nitrogens with one attached hydrogen (secondary N) is 1. The lowest BCUT2D eigenvalue weighted by Crippen LogP contribution is -2.27. The fourth-order valence-corrected chi connectivity index (χ4v) is 2.46. The molecule has 2 rings (SSSR count). The number of amides is 1. The molecule has 0 atom stereocenters. The van der Waals surface area contributed by atoms with Crippen molar-refractivity contribution < 1.29 is 4.79 Å². The maximum Gasteiger partial charge on any atom is 0.220 e. The number of carbonyl (C=O) groups excluding carboxylic acids is 1. The predicted octanol–water partition coefficient (Wildman–Crippen LogP) is 3.16. The van der Waals surface area contributed by atoms with Gasteiger partial charge in [0.25, 0.3) is 0 Å². The van der Waals surface area contributed by atoms with E-state index in [1.165, 1.54) is 22.5 Å². The third kappa shape index (κ3) is 4.48. The van der Waals surface area contributed by atoms with Crippen LogP contribution in [0.25, 0.3) is 0 Å². The van der Waals surface area contributed by atoms with Crippen molar-refractivity contribution in [3.63, 3.8) is 0 Å². The molecule has 0 saturated carbocycles. The number of carbonyl (C=O) groups is 1. The molecule has 0 bridgehead atoms. The lowest BCUT2D eigenvalue weighted by Gasteiger charge is -2.10. The summed E-state index contributed by atoms with van der Waals surface area (Å²) < 4.78 is 2.22. The Morgan fingerprint density at radius 1 is 1.00 bits per heavy atom. The molecule has 2 aromatic rings. The molecule has 3 nitrogen and oxygen atoms in total. The zero-order valence-corrected chi connectivity index (χ0v) is 13.1. The van der Waals surface area contributed by atoms with Gasteiger partial charge in [-0.15, -0.1) is 0 Å². The summed E-state index contributed by atoms with van der Waals surface area (Å²) in [4.78, 5) is 11.9. The number of hydrogen-bond donors (Lipinski definition) is 1. The fraction of sp³-hybridized carbons (Fsp3) is 0.389. The number of rotatable bonds is 6. The molecular weight excluding hydrogens is 260 g/mol. The van der Waals surface area contributed by atoms with Crippen molar-refractivity contribution in [1.29, 1.82) is 0 Å². The van der Waals surface area contributed by atoms with Gasteiger partial charge in [0.05, 0.1) is 0 Å². The van der Waals surface area contributed by atoms with Crippen LogP contribution in [0.5, 0.6) is 0 Å². The Balaban J connectivity index is 1.71. The summed E-state index contributed by atoms with van der Waals surface area (Å²) in [5.74, 6) is 0.123. The van der Waals surface area contributed by atoms with Crippen LogP contribution in [0, 0.1) is 20.8 Å². The molecule has 1 aromatic carbocycles. The Hall–Kier alpha value is -2.03. The topological polar surface area (TPSA) is 34.0 Å². The zero-order chi connectivity index (χ0) is 15.2. The van der Waals surface area contributed by atoms with Crippen molar-refractivity contribution in [2.75, 3.05) is 6.54 Å². The first-order valence-electron chi connectivity index (χ1n) is 7.51. The summed E-state index contributed by atoms with van der Waals surface area (Å²) >= 11 is 0. The van der Waals surface area contributed by atoms with Crippen LogP contribution in [0.15, 0.2) is 36.4 Å². The van der Waals surface area contributed by atoms with Gasteiger partial charge in [-0.2, -0.15) is 0 Å². The normalized spacial score (nSPS) is 10.6. The molecule has 0 fully saturated rings. The van der Waals surface area contributed by atoms with Gasteiger partial charge in [0, 0.05) is 30.9 Å². The van der Waals surface area contributed by atoms with Gasteiger partial charge >= 0.3 is 0 Å². The summed E-state index contributed by atoms with van der Waals surface area (Å²) in [6.45, 7) is 7.77. The molecule has 1 N–H and O–H groups in total. The summed E-state index contributed by atoms with van der Waals surface area (Å²) in [6.07, 6.45) is 1.35. The third-order valence-corrected chi connectivity index (χ3v) is 3.84. The van der Waals surface area contributed by atoms with Gasteiger partial charge in [-0.3, -0.25) is 4.79 Å². The van der Waals surface area contributed by atoms with Crippen LogP contribution in [0.3, 0.4) is 0 Å². The second kappa shape index (κ2) is 7.11. The van der Waals surface area contributed by atoms with Gasteiger partial charge in [0.1, 0.15) is 0 Å². The van der Waals surface area contributed by atoms with Gasteiger partial charge in [-0.25, -0.2) is 0 Å². The quantitative estimate of drug-likeness (QED) is 0.868. The smallest absolute Gasteiger partial charge is 0.220 e. The van der Waals surface area contributed by atoms with E-state index >= 15 is 0 Å². The molecule has 0 unspecified atom stereocenters. The number of hydrogen-bond acceptors (Lipinski definition) is 1. The van der Waals surface area contributed by atoms with E-state index in [-0.39, 0.29) is 5.91 Å². The molecule has 0 saturated heterocycles. The highest BCUT2D eigenvalue weighted by atomic mass is 16.1. The first kappa shape index (κ1) is 15.4. The Morgan fingerprint density at radius 2 is 1.62 bits per heavy atom. The third-order valence-electron chi connectivity index (χ3n) is 3.84. The van der Waals surface area contributed by atoms with Crippen LogP contribution in [0.4, 0.5) is 0 Å². The molecular formula is C18H24N2O. The first-order chi connectivity index (χ1) is 10.1. The minimum absolute atomic E-state index is 0.123. The highest BCUT2D eigenvalue weighted by Gasteiger charge is 2.04. The van der Waals surface area contributed by atoms with E-state index in [9.17, 15) is 4.79 Å². The Labute approximate surface area is 127 Å². The lowest BCUT2D eigenvalue weighted by molar-refractivity contribution is -0.121. The zero-order valence-electron chi connectivity index (χ0n) is 13.1. The van der Waals surface area contributed by atoms with Crippen LogP contribution >= 0.6 is 0 Å². The Morgan fingerprint density at radius 3 is 2.24 bits per heavy atom. The van der Waals surface area contributed by atoms with Crippen LogP contribution in [-0.4, -0.2) is 17.0 Å². The highest BCUT2D eigenvalue weighted by molar-refractivity contribution is 5.76. The average Bonchev–Trinajstić information content (AvgIpc) is 2.78. The summed E-state index contributed by atoms with van der Waals surface area (Å²) in [5, 5.41) is 3.00. The van der Waals surface area contributed by atoms with Crippen LogP contribution in [-0.2, 0) is 17.8 Å². The van der Waals surface area contributed by atoms with E-state index in [2.05, 4.69) is 67.1 Å². The molecule has 0 aliphatic heterocycles. The molecule has 0 aliphatic rings. The standard InChI is InChI=1S/C18H24N2O/c1-14-4-8-17(9-5-14)10-11-18(21)19-12-13-20-15(2)6-7-16(20)3/h4-9H,10-13H2,1-3H3,(H,19,21). The van der Waals surface area contributed by atoms with E-state index in [1.807, 2.05) is 0 Å². The monoisotopic (exact) mass is 284 g/mol. The molecule has 0 radical (unpaired) electrons. The summed E-state index contributed by atoms with van der Waals surface area (Å²) in [5.41, 5.74) is 4.94. The van der Waals surface area contributed by atoms with Gasteiger partial charge in [-0.05, 0) is 44.9 Å². The molecule has 0 spiro atoms. The van der Waals surface area contributed by atoms with E-state index in [0.717, 1.165) is 13.0 Å². The van der Waals surface area contributed by atoms with Crippen molar-refractivity contribution in [2.24, 2.45) is 0 Å². The average molecular weight is 284 g/mol. The fourth-order valence-electron chi connectivity index (χ4n) is 2.46. The summed E-state index contributed by atoms with van der Waals surface area (Å²) in [6, 6.07) is 12.6. The van der Waals surface area contributed by atoms with Crippen LogP contribution < -0.4 is 5.32 Å². The number of nitrogens with zero attached hydrogens (tertiary/aromatic N) is 1. The van der Waals surface area contributed by atoms with E-state index < -0.39 is 0 Å². The van der Waals surface area contributed by atoms with Crippen molar-refractivity contribution in [2.45, 2.75) is 40.2 Å². The molecule has 0 aliphatic carbocycles. The summed E-state index contributed by atoms with van der Waals surface area (Å²) in [7, 11) is 0. The minimum atomic E-state index is 0.123.